The number of nitrogens with one attached hydrogen (secondary N) is 1. The van der Waals surface area contributed by atoms with Crippen LogP contribution in [0.15, 0.2) is 12.7 Å². The summed E-state index contributed by atoms with van der Waals surface area (Å²) in [5.74, 6) is 6.38. The summed E-state index contributed by atoms with van der Waals surface area (Å²) >= 11 is 1.81. The first kappa shape index (κ1) is 10.0. The molecule has 0 radical (unpaired) electrons. The maximum atomic E-state index is 5.30. The van der Waals surface area contributed by atoms with Gasteiger partial charge in [-0.2, -0.15) is 11.8 Å². The topological polar surface area (TPSA) is 38.0 Å². The zero-order valence-corrected chi connectivity index (χ0v) is 7.29. The van der Waals surface area contributed by atoms with E-state index in [9.17, 15) is 0 Å². The van der Waals surface area contributed by atoms with E-state index in [0.29, 0.717) is 6.04 Å². The molecule has 1 atom stereocenters. The molecule has 0 aromatic heterocycles. The van der Waals surface area contributed by atoms with E-state index in [-0.39, 0.29) is 0 Å². The molecule has 0 aliphatic carbocycles. The van der Waals surface area contributed by atoms with Crippen molar-refractivity contribution in [2.75, 3.05) is 12.0 Å². The van der Waals surface area contributed by atoms with E-state index in [1.165, 1.54) is 0 Å². The van der Waals surface area contributed by atoms with Crippen molar-refractivity contribution in [3.63, 3.8) is 0 Å². The average molecular weight is 160 g/mol. The maximum Gasteiger partial charge on any atom is 0.0303 e. The van der Waals surface area contributed by atoms with Crippen molar-refractivity contribution < 1.29 is 0 Å². The normalized spacial score (nSPS) is 13.0. The SMILES string of the molecule is C=CCCC(CSC)NN. The van der Waals surface area contributed by atoms with E-state index < -0.39 is 0 Å². The minimum atomic E-state index is 0.438. The lowest BCUT2D eigenvalue weighted by Gasteiger charge is -2.12. The molecule has 0 spiro atoms. The van der Waals surface area contributed by atoms with E-state index in [0.717, 1.165) is 18.6 Å². The van der Waals surface area contributed by atoms with Gasteiger partial charge >= 0.3 is 0 Å². The summed E-state index contributed by atoms with van der Waals surface area (Å²) in [5, 5.41) is 0. The van der Waals surface area contributed by atoms with Gasteiger partial charge < -0.3 is 0 Å². The Bertz CT molecular complexity index is 85.7. The first-order valence-corrected chi connectivity index (χ1v) is 4.80. The molecule has 0 rings (SSSR count). The highest BCUT2D eigenvalue weighted by atomic mass is 32.2. The van der Waals surface area contributed by atoms with Crippen LogP contribution >= 0.6 is 11.8 Å². The van der Waals surface area contributed by atoms with Gasteiger partial charge in [-0.15, -0.1) is 6.58 Å². The van der Waals surface area contributed by atoms with Crippen LogP contribution in [0.1, 0.15) is 12.8 Å². The van der Waals surface area contributed by atoms with Crippen LogP contribution in [0.4, 0.5) is 0 Å². The molecule has 60 valence electrons. The number of hydrogen-bond acceptors (Lipinski definition) is 3. The van der Waals surface area contributed by atoms with Crippen LogP contribution < -0.4 is 11.3 Å². The average Bonchev–Trinajstić information content (AvgIpc) is 1.98. The van der Waals surface area contributed by atoms with Crippen molar-refractivity contribution in [1.82, 2.24) is 5.43 Å². The number of hydrazine groups is 1. The summed E-state index contributed by atoms with van der Waals surface area (Å²) < 4.78 is 0. The third-order valence-electron chi connectivity index (χ3n) is 1.32. The first-order valence-electron chi connectivity index (χ1n) is 3.41. The van der Waals surface area contributed by atoms with E-state index in [1.54, 1.807) is 0 Å². The van der Waals surface area contributed by atoms with Crippen LogP contribution in [0.5, 0.6) is 0 Å². The van der Waals surface area contributed by atoms with Crippen molar-refractivity contribution in [2.24, 2.45) is 5.84 Å². The van der Waals surface area contributed by atoms with Gasteiger partial charge in [-0.1, -0.05) is 6.08 Å². The predicted octanol–water partition coefficient (Wildman–Crippen LogP) is 1.15. The van der Waals surface area contributed by atoms with Gasteiger partial charge in [-0.3, -0.25) is 11.3 Å². The van der Waals surface area contributed by atoms with E-state index in [4.69, 9.17) is 5.84 Å². The molecule has 1 unspecified atom stereocenters. The highest BCUT2D eigenvalue weighted by molar-refractivity contribution is 7.98. The highest BCUT2D eigenvalue weighted by Crippen LogP contribution is 2.02. The first-order chi connectivity index (χ1) is 4.85. The fraction of sp³-hybridized carbons (Fsp3) is 0.714. The number of nitrogens with two attached hydrogens (primary N) is 1. The lowest BCUT2D eigenvalue weighted by Crippen LogP contribution is -2.36. The second-order valence-electron chi connectivity index (χ2n) is 2.18. The van der Waals surface area contributed by atoms with Gasteiger partial charge in [-0.25, -0.2) is 0 Å². The van der Waals surface area contributed by atoms with Gasteiger partial charge in [0.1, 0.15) is 0 Å². The Morgan fingerprint density at radius 3 is 2.90 bits per heavy atom. The molecule has 3 N–H and O–H groups in total. The van der Waals surface area contributed by atoms with Crippen LogP contribution in [0, 0.1) is 0 Å². The summed E-state index contributed by atoms with van der Waals surface area (Å²) in [6.07, 6.45) is 6.12. The second-order valence-corrected chi connectivity index (χ2v) is 3.10. The maximum absolute atomic E-state index is 5.30. The van der Waals surface area contributed by atoms with Gasteiger partial charge in [-0.05, 0) is 19.1 Å². The fourth-order valence-electron chi connectivity index (χ4n) is 0.735. The van der Waals surface area contributed by atoms with Crippen LogP contribution in [-0.4, -0.2) is 18.1 Å². The molecule has 0 bridgehead atoms. The molecule has 3 heteroatoms. The number of rotatable bonds is 6. The van der Waals surface area contributed by atoms with E-state index >= 15 is 0 Å². The standard InChI is InChI=1S/C7H16N2S/c1-3-4-5-7(9-8)6-10-2/h3,7,9H,1,4-6,8H2,2H3. The highest BCUT2D eigenvalue weighted by Gasteiger charge is 2.02. The molecule has 0 fully saturated rings. The summed E-state index contributed by atoms with van der Waals surface area (Å²) in [6, 6.07) is 0.438. The Balaban J connectivity index is 3.29. The van der Waals surface area contributed by atoms with Crippen molar-refractivity contribution in [2.45, 2.75) is 18.9 Å². The molecule has 0 heterocycles. The van der Waals surface area contributed by atoms with Gasteiger partial charge in [0.05, 0.1) is 0 Å². The summed E-state index contributed by atoms with van der Waals surface area (Å²) in [5.41, 5.74) is 2.77. The summed E-state index contributed by atoms with van der Waals surface area (Å²) in [4.78, 5) is 0. The Hall–Kier alpha value is 0.01000. The Morgan fingerprint density at radius 1 is 1.80 bits per heavy atom. The van der Waals surface area contributed by atoms with Gasteiger partial charge in [0.25, 0.3) is 0 Å². The third kappa shape index (κ3) is 4.85. The molecule has 2 nitrogen and oxygen atoms in total. The Kier molecular flexibility index (Phi) is 7.13. The predicted molar refractivity (Wildman–Crippen MR) is 48.9 cm³/mol. The zero-order chi connectivity index (χ0) is 7.82. The minimum absolute atomic E-state index is 0.438. The van der Waals surface area contributed by atoms with E-state index in [2.05, 4.69) is 18.3 Å². The Morgan fingerprint density at radius 2 is 2.50 bits per heavy atom. The fourth-order valence-corrected chi connectivity index (χ4v) is 1.40. The van der Waals surface area contributed by atoms with Crippen molar-refractivity contribution in [1.29, 1.82) is 0 Å². The molecule has 0 aliphatic heterocycles. The largest absolute Gasteiger partial charge is 0.271 e. The van der Waals surface area contributed by atoms with Gasteiger partial charge in [0, 0.05) is 11.8 Å². The minimum Gasteiger partial charge on any atom is -0.271 e. The molecular formula is C7H16N2S. The number of hydrogen-bond donors (Lipinski definition) is 2. The van der Waals surface area contributed by atoms with Crippen LogP contribution in [-0.2, 0) is 0 Å². The summed E-state index contributed by atoms with van der Waals surface area (Å²) in [7, 11) is 0. The van der Waals surface area contributed by atoms with Gasteiger partial charge in [0.15, 0.2) is 0 Å². The molecule has 0 aromatic carbocycles. The molecular weight excluding hydrogens is 144 g/mol. The Labute approximate surface area is 67.2 Å². The second kappa shape index (κ2) is 7.12. The molecule has 0 saturated carbocycles. The quantitative estimate of drug-likeness (QED) is 0.348. The van der Waals surface area contributed by atoms with Crippen molar-refractivity contribution >= 4 is 11.8 Å². The lowest BCUT2D eigenvalue weighted by atomic mass is 10.2. The number of allylic oxidation sites excluding steroid dienone is 1. The van der Waals surface area contributed by atoms with Crippen molar-refractivity contribution in [3.05, 3.63) is 12.7 Å². The molecule has 0 aliphatic rings. The molecule has 0 aromatic rings. The monoisotopic (exact) mass is 160 g/mol. The summed E-state index contributed by atoms with van der Waals surface area (Å²) in [6.45, 7) is 3.65. The third-order valence-corrected chi connectivity index (χ3v) is 2.06. The van der Waals surface area contributed by atoms with E-state index in [1.807, 2.05) is 17.8 Å². The van der Waals surface area contributed by atoms with Gasteiger partial charge in [0.2, 0.25) is 0 Å². The van der Waals surface area contributed by atoms with Crippen LogP contribution in [0.25, 0.3) is 0 Å². The molecule has 10 heavy (non-hydrogen) atoms. The van der Waals surface area contributed by atoms with Crippen molar-refractivity contribution in [3.8, 4) is 0 Å². The zero-order valence-electron chi connectivity index (χ0n) is 6.47. The molecule has 0 amide bonds. The lowest BCUT2D eigenvalue weighted by molar-refractivity contribution is 0.544. The number of thioether (sulfide) groups is 1. The smallest absolute Gasteiger partial charge is 0.0303 e. The van der Waals surface area contributed by atoms with Crippen LogP contribution in [0.3, 0.4) is 0 Å². The van der Waals surface area contributed by atoms with Crippen LogP contribution in [0.2, 0.25) is 0 Å². The molecule has 0 saturated heterocycles.